The Hall–Kier alpha value is -2.46. The van der Waals surface area contributed by atoms with Crippen LogP contribution in [-0.2, 0) is 4.74 Å². The SMILES string of the molecule is CCOC(=O)c1ccc(-c2ccc(Br)cc2)nc1-c1ccccc1. The van der Waals surface area contributed by atoms with Crippen molar-refractivity contribution in [1.29, 1.82) is 0 Å². The summed E-state index contributed by atoms with van der Waals surface area (Å²) in [5.74, 6) is -0.355. The van der Waals surface area contributed by atoms with E-state index in [9.17, 15) is 4.79 Å². The van der Waals surface area contributed by atoms with Crippen LogP contribution in [0.1, 0.15) is 17.3 Å². The van der Waals surface area contributed by atoms with Crippen molar-refractivity contribution in [3.8, 4) is 22.5 Å². The Kier molecular flexibility index (Phi) is 5.06. The van der Waals surface area contributed by atoms with Gasteiger partial charge in [-0.3, -0.25) is 0 Å². The molecule has 120 valence electrons. The Morgan fingerprint density at radius 2 is 1.67 bits per heavy atom. The lowest BCUT2D eigenvalue weighted by atomic mass is 10.0. The van der Waals surface area contributed by atoms with E-state index in [1.165, 1.54) is 0 Å². The molecule has 3 aromatic rings. The van der Waals surface area contributed by atoms with Crippen LogP contribution in [0.5, 0.6) is 0 Å². The second-order valence-corrected chi connectivity index (χ2v) is 6.10. The van der Waals surface area contributed by atoms with Crippen LogP contribution >= 0.6 is 15.9 Å². The maximum Gasteiger partial charge on any atom is 0.340 e. The molecule has 0 aliphatic carbocycles. The molecular weight excluding hydrogens is 366 g/mol. The standard InChI is InChI=1S/C20H16BrNO2/c1-2-24-20(23)17-12-13-18(14-8-10-16(21)11-9-14)22-19(17)15-6-4-3-5-7-15/h3-13H,2H2,1H3. The zero-order valence-electron chi connectivity index (χ0n) is 13.2. The minimum Gasteiger partial charge on any atom is -0.462 e. The molecule has 0 saturated heterocycles. The first-order valence-corrected chi connectivity index (χ1v) is 8.48. The van der Waals surface area contributed by atoms with Crippen molar-refractivity contribution in [2.24, 2.45) is 0 Å². The van der Waals surface area contributed by atoms with E-state index in [4.69, 9.17) is 9.72 Å². The predicted molar refractivity (Wildman–Crippen MR) is 98.8 cm³/mol. The Morgan fingerprint density at radius 3 is 2.33 bits per heavy atom. The third-order valence-electron chi connectivity index (χ3n) is 3.58. The van der Waals surface area contributed by atoms with Crippen LogP contribution < -0.4 is 0 Å². The average Bonchev–Trinajstić information content (AvgIpc) is 2.63. The van der Waals surface area contributed by atoms with Crippen molar-refractivity contribution < 1.29 is 9.53 Å². The summed E-state index contributed by atoms with van der Waals surface area (Å²) < 4.78 is 6.18. The second-order valence-electron chi connectivity index (χ2n) is 5.19. The second kappa shape index (κ2) is 7.41. The number of hydrogen-bond acceptors (Lipinski definition) is 3. The molecule has 0 fully saturated rings. The molecule has 0 atom stereocenters. The van der Waals surface area contributed by atoms with E-state index in [-0.39, 0.29) is 5.97 Å². The summed E-state index contributed by atoms with van der Waals surface area (Å²) >= 11 is 3.44. The van der Waals surface area contributed by atoms with E-state index < -0.39 is 0 Å². The molecule has 0 aliphatic heterocycles. The van der Waals surface area contributed by atoms with Crippen molar-refractivity contribution >= 4 is 21.9 Å². The van der Waals surface area contributed by atoms with Gasteiger partial charge in [0.2, 0.25) is 0 Å². The fourth-order valence-electron chi connectivity index (χ4n) is 2.43. The highest BCUT2D eigenvalue weighted by Gasteiger charge is 2.16. The number of ether oxygens (including phenoxy) is 1. The molecule has 24 heavy (non-hydrogen) atoms. The first kappa shape index (κ1) is 16.4. The number of halogens is 1. The van der Waals surface area contributed by atoms with Crippen LogP contribution in [0, 0.1) is 0 Å². The summed E-state index contributed by atoms with van der Waals surface area (Å²) in [4.78, 5) is 17.0. The Labute approximate surface area is 149 Å². The number of pyridine rings is 1. The summed E-state index contributed by atoms with van der Waals surface area (Å²) in [6.07, 6.45) is 0. The van der Waals surface area contributed by atoms with E-state index in [1.807, 2.05) is 60.7 Å². The molecule has 3 nitrogen and oxygen atoms in total. The summed E-state index contributed by atoms with van der Waals surface area (Å²) in [6, 6.07) is 21.2. The van der Waals surface area contributed by atoms with Crippen molar-refractivity contribution in [2.75, 3.05) is 6.61 Å². The Morgan fingerprint density at radius 1 is 0.958 bits per heavy atom. The van der Waals surface area contributed by atoms with Gasteiger partial charge in [-0.1, -0.05) is 58.4 Å². The van der Waals surface area contributed by atoms with Crippen LogP contribution in [0.2, 0.25) is 0 Å². The molecule has 4 heteroatoms. The molecule has 0 saturated carbocycles. The fraction of sp³-hybridized carbons (Fsp3) is 0.100. The van der Waals surface area contributed by atoms with Gasteiger partial charge in [-0.05, 0) is 31.2 Å². The monoisotopic (exact) mass is 381 g/mol. The van der Waals surface area contributed by atoms with Gasteiger partial charge in [0.15, 0.2) is 0 Å². The lowest BCUT2D eigenvalue weighted by molar-refractivity contribution is 0.0527. The third kappa shape index (κ3) is 3.54. The first-order valence-electron chi connectivity index (χ1n) is 7.68. The molecule has 0 radical (unpaired) electrons. The lowest BCUT2D eigenvalue weighted by Crippen LogP contribution is -2.08. The molecule has 0 bridgehead atoms. The van der Waals surface area contributed by atoms with E-state index in [0.29, 0.717) is 17.9 Å². The zero-order valence-corrected chi connectivity index (χ0v) is 14.8. The first-order chi connectivity index (χ1) is 11.7. The highest BCUT2D eigenvalue weighted by atomic mass is 79.9. The maximum atomic E-state index is 12.3. The largest absolute Gasteiger partial charge is 0.462 e. The van der Waals surface area contributed by atoms with Gasteiger partial charge < -0.3 is 4.74 Å². The lowest BCUT2D eigenvalue weighted by Gasteiger charge is -2.11. The number of carbonyl (C=O) groups is 1. The number of rotatable bonds is 4. The molecule has 2 aromatic carbocycles. The van der Waals surface area contributed by atoms with Crippen LogP contribution in [-0.4, -0.2) is 17.6 Å². The minimum atomic E-state index is -0.355. The summed E-state index contributed by atoms with van der Waals surface area (Å²) in [5.41, 5.74) is 3.80. The smallest absolute Gasteiger partial charge is 0.340 e. The van der Waals surface area contributed by atoms with E-state index in [1.54, 1.807) is 13.0 Å². The minimum absolute atomic E-state index is 0.335. The van der Waals surface area contributed by atoms with Gasteiger partial charge in [-0.2, -0.15) is 0 Å². The van der Waals surface area contributed by atoms with Gasteiger partial charge in [0, 0.05) is 15.6 Å². The van der Waals surface area contributed by atoms with Crippen molar-refractivity contribution in [3.63, 3.8) is 0 Å². The van der Waals surface area contributed by atoms with Crippen LogP contribution in [0.15, 0.2) is 71.2 Å². The molecular formula is C20H16BrNO2. The summed E-state index contributed by atoms with van der Waals surface area (Å²) in [7, 11) is 0. The number of benzene rings is 2. The van der Waals surface area contributed by atoms with Gasteiger partial charge in [-0.25, -0.2) is 9.78 Å². The quantitative estimate of drug-likeness (QED) is 0.571. The van der Waals surface area contributed by atoms with Gasteiger partial charge in [0.05, 0.1) is 23.6 Å². The number of nitrogens with zero attached hydrogens (tertiary/aromatic N) is 1. The van der Waals surface area contributed by atoms with Crippen LogP contribution in [0.25, 0.3) is 22.5 Å². The number of carbonyl (C=O) groups excluding carboxylic acids is 1. The molecule has 3 rings (SSSR count). The van der Waals surface area contributed by atoms with Crippen molar-refractivity contribution in [2.45, 2.75) is 6.92 Å². The van der Waals surface area contributed by atoms with Crippen molar-refractivity contribution in [1.82, 2.24) is 4.98 Å². The Balaban J connectivity index is 2.12. The van der Waals surface area contributed by atoms with Crippen LogP contribution in [0.3, 0.4) is 0 Å². The zero-order chi connectivity index (χ0) is 16.9. The molecule has 0 spiro atoms. The number of esters is 1. The normalized spacial score (nSPS) is 10.4. The van der Waals surface area contributed by atoms with Gasteiger partial charge >= 0.3 is 5.97 Å². The van der Waals surface area contributed by atoms with E-state index in [0.717, 1.165) is 21.3 Å². The Bertz CT molecular complexity index is 845. The molecule has 0 aliphatic rings. The number of aromatic nitrogens is 1. The average molecular weight is 382 g/mol. The third-order valence-corrected chi connectivity index (χ3v) is 4.11. The molecule has 0 unspecified atom stereocenters. The van der Waals surface area contributed by atoms with Crippen LogP contribution in [0.4, 0.5) is 0 Å². The van der Waals surface area contributed by atoms with Gasteiger partial charge in [0.1, 0.15) is 0 Å². The maximum absolute atomic E-state index is 12.3. The fourth-order valence-corrected chi connectivity index (χ4v) is 2.69. The predicted octanol–water partition coefficient (Wildman–Crippen LogP) is 5.35. The highest BCUT2D eigenvalue weighted by Crippen LogP contribution is 2.27. The van der Waals surface area contributed by atoms with Crippen molar-refractivity contribution in [3.05, 3.63) is 76.8 Å². The van der Waals surface area contributed by atoms with Gasteiger partial charge in [0.25, 0.3) is 0 Å². The molecule has 0 N–H and O–H groups in total. The van der Waals surface area contributed by atoms with Gasteiger partial charge in [-0.15, -0.1) is 0 Å². The van der Waals surface area contributed by atoms with E-state index in [2.05, 4.69) is 15.9 Å². The molecule has 0 amide bonds. The molecule has 1 heterocycles. The molecule has 1 aromatic heterocycles. The van der Waals surface area contributed by atoms with E-state index >= 15 is 0 Å². The summed E-state index contributed by atoms with van der Waals surface area (Å²) in [6.45, 7) is 2.13. The topological polar surface area (TPSA) is 39.2 Å². The number of hydrogen-bond donors (Lipinski definition) is 0. The summed E-state index contributed by atoms with van der Waals surface area (Å²) in [5, 5.41) is 0. The highest BCUT2D eigenvalue weighted by molar-refractivity contribution is 9.10.